The molecule has 90 valence electrons. The molecular formula is C14H16O3. The monoisotopic (exact) mass is 232 g/mol. The predicted molar refractivity (Wildman–Crippen MR) is 66.0 cm³/mol. The zero-order valence-corrected chi connectivity index (χ0v) is 9.81. The summed E-state index contributed by atoms with van der Waals surface area (Å²) in [7, 11) is 0. The van der Waals surface area contributed by atoms with E-state index in [2.05, 4.69) is 12.1 Å². The van der Waals surface area contributed by atoms with Crippen molar-refractivity contribution in [1.82, 2.24) is 0 Å². The molecule has 0 radical (unpaired) electrons. The number of hydrogen-bond acceptors (Lipinski definition) is 2. The molecule has 0 fully saturated rings. The highest BCUT2D eigenvalue weighted by Gasteiger charge is 2.32. The molecule has 2 aliphatic rings. The van der Waals surface area contributed by atoms with E-state index in [4.69, 9.17) is 9.90 Å². The topological polar surface area (TPSA) is 57.5 Å². The smallest absolute Gasteiger partial charge is 0.300 e. The summed E-state index contributed by atoms with van der Waals surface area (Å²) in [4.78, 5) is 9.00. The average Bonchev–Trinajstić information content (AvgIpc) is 2.26. The van der Waals surface area contributed by atoms with Gasteiger partial charge in [-0.2, -0.15) is 0 Å². The summed E-state index contributed by atoms with van der Waals surface area (Å²) in [6.07, 6.45) is 6.15. The molecule has 0 aromatic heterocycles. The molecule has 3 nitrogen and oxygen atoms in total. The van der Waals surface area contributed by atoms with Gasteiger partial charge in [0.2, 0.25) is 0 Å². The third-order valence-electron chi connectivity index (χ3n) is 3.16. The third-order valence-corrected chi connectivity index (χ3v) is 3.16. The van der Waals surface area contributed by atoms with Gasteiger partial charge in [0.15, 0.2) is 0 Å². The predicted octanol–water partition coefficient (Wildman–Crippen LogP) is 3.15. The van der Waals surface area contributed by atoms with E-state index in [1.165, 1.54) is 36.0 Å². The van der Waals surface area contributed by atoms with E-state index in [1.807, 2.05) is 6.07 Å². The summed E-state index contributed by atoms with van der Waals surface area (Å²) in [6.45, 7) is 1.08. The van der Waals surface area contributed by atoms with Gasteiger partial charge in [0.1, 0.15) is 5.75 Å². The summed E-state index contributed by atoms with van der Waals surface area (Å²) < 4.78 is 0. The first-order valence-corrected chi connectivity index (χ1v) is 5.82. The Morgan fingerprint density at radius 2 is 2.12 bits per heavy atom. The number of carboxylic acids is 1. The van der Waals surface area contributed by atoms with Crippen LogP contribution in [0.5, 0.6) is 5.75 Å². The fraction of sp³-hybridized carbons (Fsp3) is 0.357. The minimum Gasteiger partial charge on any atom is -0.508 e. The summed E-state index contributed by atoms with van der Waals surface area (Å²) in [5.74, 6) is 0.244. The quantitative estimate of drug-likeness (QED) is 0.722. The third kappa shape index (κ3) is 2.33. The molecule has 0 amide bonds. The van der Waals surface area contributed by atoms with Gasteiger partial charge in [-0.15, -0.1) is 0 Å². The molecular weight excluding hydrogens is 216 g/mol. The number of rotatable bonds is 0. The van der Waals surface area contributed by atoms with Crippen LogP contribution in [-0.2, 0) is 4.79 Å². The number of aliphatic carboxylic acids is 1. The van der Waals surface area contributed by atoms with Crippen LogP contribution in [0.3, 0.4) is 0 Å². The van der Waals surface area contributed by atoms with Crippen molar-refractivity contribution in [3.8, 4) is 5.75 Å². The Kier molecular flexibility index (Phi) is 3.18. The van der Waals surface area contributed by atoms with E-state index in [1.54, 1.807) is 6.07 Å². The van der Waals surface area contributed by atoms with Crippen molar-refractivity contribution in [2.24, 2.45) is 0 Å². The molecule has 1 atom stereocenters. The lowest BCUT2D eigenvalue weighted by Crippen LogP contribution is -2.18. The minimum absolute atomic E-state index is 0.392. The molecule has 0 saturated carbocycles. The number of carbonyl (C=O) groups is 1. The van der Waals surface area contributed by atoms with Gasteiger partial charge in [-0.05, 0) is 48.1 Å². The molecule has 2 N–H and O–H groups in total. The number of phenols is 1. The molecule has 17 heavy (non-hydrogen) atoms. The van der Waals surface area contributed by atoms with Crippen molar-refractivity contribution in [1.29, 1.82) is 0 Å². The maximum absolute atomic E-state index is 9.33. The van der Waals surface area contributed by atoms with Gasteiger partial charge in [-0.3, -0.25) is 4.79 Å². The molecule has 3 rings (SSSR count). The highest BCUT2D eigenvalue weighted by atomic mass is 16.4. The van der Waals surface area contributed by atoms with Crippen LogP contribution in [0.4, 0.5) is 0 Å². The standard InChI is InChI=1S/C12H12O.C2H4O2/c13-8-5-6-11-9-3-1-2-4-10(9)12(11)7-8;1-2(3)4/h4-7,9,13H,1-3H2;1H3,(H,3,4). The number of fused-ring (bicyclic) bond motifs is 4. The lowest BCUT2D eigenvalue weighted by molar-refractivity contribution is -0.134. The van der Waals surface area contributed by atoms with Gasteiger partial charge in [0.05, 0.1) is 0 Å². The number of allylic oxidation sites excluding steroid dienone is 2. The lowest BCUT2D eigenvalue weighted by atomic mass is 9.68. The molecule has 3 heteroatoms. The van der Waals surface area contributed by atoms with Crippen LogP contribution < -0.4 is 0 Å². The van der Waals surface area contributed by atoms with Gasteiger partial charge in [0, 0.05) is 12.8 Å². The van der Waals surface area contributed by atoms with Gasteiger partial charge in [-0.25, -0.2) is 0 Å². The first-order chi connectivity index (χ1) is 8.09. The van der Waals surface area contributed by atoms with Crippen molar-refractivity contribution < 1.29 is 15.0 Å². The summed E-state index contributed by atoms with van der Waals surface area (Å²) >= 11 is 0. The number of phenolic OH excluding ortho intramolecular Hbond substituents is 1. The molecule has 1 aromatic rings. The zero-order chi connectivity index (χ0) is 12.4. The Morgan fingerprint density at radius 1 is 1.41 bits per heavy atom. The van der Waals surface area contributed by atoms with Gasteiger partial charge in [0.25, 0.3) is 5.97 Å². The van der Waals surface area contributed by atoms with E-state index in [-0.39, 0.29) is 0 Å². The highest BCUT2D eigenvalue weighted by Crippen LogP contribution is 2.51. The van der Waals surface area contributed by atoms with Gasteiger partial charge in [-0.1, -0.05) is 12.1 Å². The van der Waals surface area contributed by atoms with Gasteiger partial charge >= 0.3 is 0 Å². The Balaban J connectivity index is 0.000000239. The number of hydrogen-bond donors (Lipinski definition) is 2. The molecule has 2 aliphatic carbocycles. The first kappa shape index (κ1) is 11.7. The minimum atomic E-state index is -0.833. The van der Waals surface area contributed by atoms with E-state index in [9.17, 15) is 5.11 Å². The second-order valence-corrected chi connectivity index (χ2v) is 4.43. The fourth-order valence-electron chi connectivity index (χ4n) is 2.52. The maximum Gasteiger partial charge on any atom is 0.300 e. The van der Waals surface area contributed by atoms with Crippen LogP contribution in [0.25, 0.3) is 5.57 Å². The number of benzene rings is 1. The Morgan fingerprint density at radius 3 is 2.82 bits per heavy atom. The second kappa shape index (κ2) is 4.62. The van der Waals surface area contributed by atoms with E-state index in [0.717, 1.165) is 6.92 Å². The zero-order valence-electron chi connectivity index (χ0n) is 9.81. The Hall–Kier alpha value is -1.77. The summed E-state index contributed by atoms with van der Waals surface area (Å²) in [5, 5.41) is 16.8. The highest BCUT2D eigenvalue weighted by molar-refractivity contribution is 5.85. The van der Waals surface area contributed by atoms with Crippen molar-refractivity contribution in [3.63, 3.8) is 0 Å². The van der Waals surface area contributed by atoms with Crippen molar-refractivity contribution in [2.45, 2.75) is 32.1 Å². The fourth-order valence-corrected chi connectivity index (χ4v) is 2.52. The molecule has 0 spiro atoms. The lowest BCUT2D eigenvalue weighted by Gasteiger charge is -2.36. The molecule has 1 aromatic carbocycles. The molecule has 0 saturated heterocycles. The van der Waals surface area contributed by atoms with Crippen molar-refractivity contribution in [3.05, 3.63) is 35.4 Å². The molecule has 0 aliphatic heterocycles. The first-order valence-electron chi connectivity index (χ1n) is 5.82. The number of carboxylic acid groups (broad SMARTS) is 1. The average molecular weight is 232 g/mol. The van der Waals surface area contributed by atoms with Crippen LogP contribution in [0, 0.1) is 0 Å². The molecule has 0 bridgehead atoms. The van der Waals surface area contributed by atoms with E-state index in [0.29, 0.717) is 11.7 Å². The maximum atomic E-state index is 9.33. The summed E-state index contributed by atoms with van der Waals surface area (Å²) in [6, 6.07) is 5.76. The summed E-state index contributed by atoms with van der Waals surface area (Å²) in [5.41, 5.74) is 4.19. The largest absolute Gasteiger partial charge is 0.508 e. The van der Waals surface area contributed by atoms with E-state index < -0.39 is 5.97 Å². The van der Waals surface area contributed by atoms with Crippen LogP contribution in [0.2, 0.25) is 0 Å². The van der Waals surface area contributed by atoms with Crippen LogP contribution >= 0.6 is 0 Å². The van der Waals surface area contributed by atoms with Crippen LogP contribution in [0.15, 0.2) is 24.3 Å². The Labute approximate surface area is 100 Å². The second-order valence-electron chi connectivity index (χ2n) is 4.43. The molecule has 1 unspecified atom stereocenters. The SMILES string of the molecule is CC(=O)O.Oc1ccc2c(c1)C1=CCCCC12. The normalized spacial score (nSPS) is 19.8. The van der Waals surface area contributed by atoms with Crippen molar-refractivity contribution >= 4 is 11.5 Å². The van der Waals surface area contributed by atoms with Crippen molar-refractivity contribution in [2.75, 3.05) is 0 Å². The number of aromatic hydroxyl groups is 1. The molecule has 0 heterocycles. The van der Waals surface area contributed by atoms with Crippen LogP contribution in [0.1, 0.15) is 43.2 Å². The van der Waals surface area contributed by atoms with Gasteiger partial charge < -0.3 is 10.2 Å². The Bertz CT molecular complexity index is 470. The van der Waals surface area contributed by atoms with E-state index >= 15 is 0 Å². The van der Waals surface area contributed by atoms with Crippen LogP contribution in [-0.4, -0.2) is 16.2 Å².